The molecule has 1 amide bonds. The van der Waals surface area contributed by atoms with Crippen LogP contribution in [0, 0.1) is 11.7 Å². The first-order valence-electron chi connectivity index (χ1n) is 9.56. The minimum absolute atomic E-state index is 0.0566. The van der Waals surface area contributed by atoms with Crippen molar-refractivity contribution in [3.05, 3.63) is 58.9 Å². The molecule has 0 aliphatic carbocycles. The molecule has 2 aromatic carbocycles. The minimum Gasteiger partial charge on any atom is -0.495 e. The number of carbonyl (C=O) groups is 1. The summed E-state index contributed by atoms with van der Waals surface area (Å²) >= 11 is 6.09. The molecule has 1 aliphatic heterocycles. The van der Waals surface area contributed by atoms with Gasteiger partial charge in [0.25, 0.3) is 0 Å². The lowest BCUT2D eigenvalue weighted by atomic mass is 9.98. The summed E-state index contributed by atoms with van der Waals surface area (Å²) in [6.07, 6.45) is 1.14. The van der Waals surface area contributed by atoms with Crippen molar-refractivity contribution in [1.29, 1.82) is 0 Å². The normalized spacial score (nSPS) is 17.5. The van der Waals surface area contributed by atoms with E-state index in [1.165, 1.54) is 40.6 Å². The zero-order valence-corrected chi connectivity index (χ0v) is 18.4. The predicted octanol–water partition coefficient (Wildman–Crippen LogP) is 3.55. The van der Waals surface area contributed by atoms with E-state index in [0.29, 0.717) is 30.7 Å². The molecule has 0 bridgehead atoms. The number of halogens is 2. The van der Waals surface area contributed by atoms with E-state index in [1.54, 1.807) is 25.2 Å². The Kier molecular flexibility index (Phi) is 7.00. The van der Waals surface area contributed by atoms with Crippen LogP contribution in [0.2, 0.25) is 5.02 Å². The van der Waals surface area contributed by atoms with E-state index >= 15 is 0 Å². The van der Waals surface area contributed by atoms with Gasteiger partial charge in [-0.05, 0) is 37.1 Å². The van der Waals surface area contributed by atoms with Gasteiger partial charge >= 0.3 is 0 Å². The summed E-state index contributed by atoms with van der Waals surface area (Å²) < 4.78 is 46.4. The summed E-state index contributed by atoms with van der Waals surface area (Å²) in [6.45, 7) is 0.530. The number of rotatable bonds is 6. The van der Waals surface area contributed by atoms with Crippen molar-refractivity contribution in [1.82, 2.24) is 9.21 Å². The molecular weight excluding hydrogens is 431 g/mol. The maximum atomic E-state index is 13.9. The number of carbonyl (C=O) groups excluding carboxylic acids is 1. The number of nitrogens with zero attached hydrogens (tertiary/aromatic N) is 2. The highest BCUT2D eigenvalue weighted by molar-refractivity contribution is 7.89. The fraction of sp³-hybridized carbons (Fsp3) is 0.381. The Balaban J connectivity index is 1.73. The summed E-state index contributed by atoms with van der Waals surface area (Å²) in [5, 5.41) is 0.202. The molecule has 1 unspecified atom stereocenters. The van der Waals surface area contributed by atoms with Crippen molar-refractivity contribution >= 4 is 27.5 Å². The largest absolute Gasteiger partial charge is 0.495 e. The number of hydrogen-bond donors (Lipinski definition) is 0. The molecule has 1 heterocycles. The van der Waals surface area contributed by atoms with Gasteiger partial charge in [-0.15, -0.1) is 0 Å². The Hall–Kier alpha value is -2.16. The molecule has 0 spiro atoms. The highest BCUT2D eigenvalue weighted by Gasteiger charge is 2.34. The Labute approximate surface area is 181 Å². The monoisotopic (exact) mass is 454 g/mol. The molecular formula is C21H24ClFN2O4S. The third kappa shape index (κ3) is 4.77. The maximum absolute atomic E-state index is 13.9. The van der Waals surface area contributed by atoms with Crippen LogP contribution in [-0.4, -0.2) is 50.8 Å². The van der Waals surface area contributed by atoms with Gasteiger partial charge in [-0.25, -0.2) is 12.8 Å². The number of ether oxygens (including phenoxy) is 1. The molecule has 0 radical (unpaired) electrons. The van der Waals surface area contributed by atoms with Gasteiger partial charge in [0, 0.05) is 32.2 Å². The van der Waals surface area contributed by atoms with Gasteiger partial charge in [-0.1, -0.05) is 29.8 Å². The highest BCUT2D eigenvalue weighted by Crippen LogP contribution is 2.30. The number of benzene rings is 2. The number of piperidine rings is 1. The molecule has 0 saturated carbocycles. The molecule has 30 heavy (non-hydrogen) atoms. The van der Waals surface area contributed by atoms with Crippen LogP contribution in [0.4, 0.5) is 4.39 Å². The lowest BCUT2D eigenvalue weighted by Gasteiger charge is -2.33. The number of hydrogen-bond acceptors (Lipinski definition) is 4. The van der Waals surface area contributed by atoms with E-state index in [9.17, 15) is 17.6 Å². The van der Waals surface area contributed by atoms with Crippen molar-refractivity contribution in [3.63, 3.8) is 0 Å². The van der Waals surface area contributed by atoms with Gasteiger partial charge in [-0.3, -0.25) is 4.79 Å². The average molecular weight is 455 g/mol. The lowest BCUT2D eigenvalue weighted by Crippen LogP contribution is -2.45. The van der Waals surface area contributed by atoms with Crippen LogP contribution in [0.3, 0.4) is 0 Å². The molecule has 1 saturated heterocycles. The first-order chi connectivity index (χ1) is 14.2. The van der Waals surface area contributed by atoms with Crippen molar-refractivity contribution in [2.75, 3.05) is 27.2 Å². The van der Waals surface area contributed by atoms with Gasteiger partial charge in [0.15, 0.2) is 0 Å². The molecule has 1 atom stereocenters. The molecule has 0 aromatic heterocycles. The van der Waals surface area contributed by atoms with Gasteiger partial charge in [-0.2, -0.15) is 4.31 Å². The first kappa shape index (κ1) is 22.5. The lowest BCUT2D eigenvalue weighted by molar-refractivity contribution is -0.135. The Morgan fingerprint density at radius 1 is 1.30 bits per heavy atom. The van der Waals surface area contributed by atoms with Crippen LogP contribution in [0.25, 0.3) is 0 Å². The van der Waals surface area contributed by atoms with Crippen molar-refractivity contribution in [2.24, 2.45) is 5.92 Å². The van der Waals surface area contributed by atoms with Gasteiger partial charge in [0.1, 0.15) is 11.6 Å². The third-order valence-electron chi connectivity index (χ3n) is 5.24. The second-order valence-corrected chi connectivity index (χ2v) is 9.63. The van der Waals surface area contributed by atoms with Crippen LogP contribution in [0.15, 0.2) is 47.4 Å². The second-order valence-electron chi connectivity index (χ2n) is 7.28. The van der Waals surface area contributed by atoms with Crippen molar-refractivity contribution in [2.45, 2.75) is 24.3 Å². The smallest absolute Gasteiger partial charge is 0.243 e. The van der Waals surface area contributed by atoms with Crippen LogP contribution >= 0.6 is 11.6 Å². The minimum atomic E-state index is -3.80. The molecule has 3 rings (SSSR count). The second kappa shape index (κ2) is 9.32. The van der Waals surface area contributed by atoms with Crippen LogP contribution in [0.5, 0.6) is 5.75 Å². The summed E-state index contributed by atoms with van der Waals surface area (Å²) in [6, 6.07) is 10.6. The quantitative estimate of drug-likeness (QED) is 0.669. The van der Waals surface area contributed by atoms with Crippen LogP contribution < -0.4 is 4.74 Å². The highest BCUT2D eigenvalue weighted by atomic mass is 35.5. The maximum Gasteiger partial charge on any atom is 0.243 e. The van der Waals surface area contributed by atoms with Crippen LogP contribution in [-0.2, 0) is 21.4 Å². The fourth-order valence-electron chi connectivity index (χ4n) is 3.59. The number of methoxy groups -OCH3 is 1. The van der Waals surface area contributed by atoms with E-state index < -0.39 is 15.9 Å². The number of sulfonamides is 1. The van der Waals surface area contributed by atoms with E-state index in [-0.39, 0.29) is 34.7 Å². The summed E-state index contributed by atoms with van der Waals surface area (Å²) in [4.78, 5) is 14.4. The topological polar surface area (TPSA) is 66.9 Å². The average Bonchev–Trinajstić information content (AvgIpc) is 2.74. The van der Waals surface area contributed by atoms with E-state index in [1.807, 2.05) is 0 Å². The molecule has 9 heteroatoms. The molecule has 2 aromatic rings. The van der Waals surface area contributed by atoms with Gasteiger partial charge in [0.05, 0.1) is 22.9 Å². The van der Waals surface area contributed by atoms with E-state index in [2.05, 4.69) is 0 Å². The summed E-state index contributed by atoms with van der Waals surface area (Å²) in [5.41, 5.74) is 0.418. The Morgan fingerprint density at radius 3 is 2.70 bits per heavy atom. The van der Waals surface area contributed by atoms with E-state index in [4.69, 9.17) is 16.3 Å². The van der Waals surface area contributed by atoms with E-state index in [0.717, 1.165) is 0 Å². The Morgan fingerprint density at radius 2 is 2.03 bits per heavy atom. The standard InChI is InChI=1S/C21H24ClFN2O4S/c1-24(13-15-6-3-4-8-19(15)23)21(26)16-7-5-11-25(14-16)30(27,28)17-9-10-20(29-2)18(22)12-17/h3-4,6,8-10,12,16H,5,7,11,13-14H2,1-2H3. The summed E-state index contributed by atoms with van der Waals surface area (Å²) in [5.74, 6) is -0.677. The number of amides is 1. The molecule has 1 aliphatic rings. The zero-order chi connectivity index (χ0) is 21.9. The zero-order valence-electron chi connectivity index (χ0n) is 16.8. The van der Waals surface area contributed by atoms with Gasteiger partial charge < -0.3 is 9.64 Å². The Bertz CT molecular complexity index is 1030. The SMILES string of the molecule is COc1ccc(S(=O)(=O)N2CCCC(C(=O)N(C)Cc3ccccc3F)C2)cc1Cl. The molecule has 6 nitrogen and oxygen atoms in total. The fourth-order valence-corrected chi connectivity index (χ4v) is 5.46. The first-order valence-corrected chi connectivity index (χ1v) is 11.4. The summed E-state index contributed by atoms with van der Waals surface area (Å²) in [7, 11) is -0.750. The molecule has 162 valence electrons. The molecule has 0 N–H and O–H groups in total. The van der Waals surface area contributed by atoms with Gasteiger partial charge in [0.2, 0.25) is 15.9 Å². The van der Waals surface area contributed by atoms with Crippen molar-refractivity contribution in [3.8, 4) is 5.75 Å². The van der Waals surface area contributed by atoms with Crippen molar-refractivity contribution < 1.29 is 22.3 Å². The molecule has 1 fully saturated rings. The predicted molar refractivity (Wildman–Crippen MR) is 112 cm³/mol. The van der Waals surface area contributed by atoms with Crippen LogP contribution in [0.1, 0.15) is 18.4 Å². The third-order valence-corrected chi connectivity index (χ3v) is 7.39.